The molecule has 0 saturated carbocycles. The van der Waals surface area contributed by atoms with Gasteiger partial charge in [0.05, 0.1) is 0 Å². The van der Waals surface area contributed by atoms with Gasteiger partial charge in [-0.05, 0) is 6.92 Å². The molecule has 0 aromatic heterocycles. The van der Waals surface area contributed by atoms with Crippen molar-refractivity contribution < 1.29 is 21.6 Å². The van der Waals surface area contributed by atoms with Gasteiger partial charge in [-0.25, -0.2) is 8.42 Å². The molecule has 0 saturated heterocycles. The molecule has 0 spiro atoms. The fourth-order valence-electron chi connectivity index (χ4n) is 0.875. The average molecular weight is 238 g/mol. The van der Waals surface area contributed by atoms with Gasteiger partial charge < -0.3 is 4.72 Å². The first kappa shape index (κ1) is 11.8. The largest absolute Gasteiger partial charge is 0.569 e. The summed E-state index contributed by atoms with van der Waals surface area (Å²) < 4.78 is 59.8. The van der Waals surface area contributed by atoms with Gasteiger partial charge in [0, 0.05) is 0 Å². The van der Waals surface area contributed by atoms with Crippen LogP contribution in [0.3, 0.4) is 0 Å². The lowest BCUT2D eigenvalue weighted by molar-refractivity contribution is -0.0425. The van der Waals surface area contributed by atoms with Crippen LogP contribution in [0.1, 0.15) is 5.56 Å². The second kappa shape index (κ2) is 3.73. The van der Waals surface area contributed by atoms with E-state index in [1.165, 1.54) is 18.2 Å². The van der Waals surface area contributed by atoms with E-state index in [-0.39, 0.29) is 5.69 Å². The van der Waals surface area contributed by atoms with Crippen LogP contribution in [0.4, 0.5) is 18.9 Å². The standard InChI is InChI=1S/C8H7F3NO2S/c1-6-3-2-4-7(5-6)12-15(13,14)8(9,10)11/h2-5H,1H3/q-1. The highest BCUT2D eigenvalue weighted by atomic mass is 32.2. The normalized spacial score (nSPS) is 12.5. The third-order valence-electron chi connectivity index (χ3n) is 1.52. The summed E-state index contributed by atoms with van der Waals surface area (Å²) in [6.07, 6.45) is 0. The summed E-state index contributed by atoms with van der Waals surface area (Å²) in [5, 5.41) is 0. The van der Waals surface area contributed by atoms with Crippen LogP contribution < -0.4 is 0 Å². The third kappa shape index (κ3) is 2.85. The van der Waals surface area contributed by atoms with Crippen molar-refractivity contribution in [1.82, 2.24) is 0 Å². The van der Waals surface area contributed by atoms with Crippen molar-refractivity contribution in [3.8, 4) is 0 Å². The van der Waals surface area contributed by atoms with Crippen molar-refractivity contribution in [2.45, 2.75) is 12.4 Å². The molecule has 1 aromatic rings. The van der Waals surface area contributed by atoms with Gasteiger partial charge in [0.15, 0.2) is 10.0 Å². The van der Waals surface area contributed by atoms with E-state index in [1.54, 1.807) is 13.0 Å². The van der Waals surface area contributed by atoms with Crippen LogP contribution in [0.25, 0.3) is 4.72 Å². The number of hydrogen-bond donors (Lipinski definition) is 0. The Bertz CT molecular complexity index is 453. The van der Waals surface area contributed by atoms with Crippen LogP contribution >= 0.6 is 0 Å². The molecule has 0 N–H and O–H groups in total. The lowest BCUT2D eigenvalue weighted by atomic mass is 10.2. The molecule has 0 fully saturated rings. The summed E-state index contributed by atoms with van der Waals surface area (Å²) in [4.78, 5) is 0. The first-order valence-corrected chi connectivity index (χ1v) is 5.27. The summed E-state index contributed by atoms with van der Waals surface area (Å²) in [5.41, 5.74) is -4.95. The molecule has 1 aromatic carbocycles. The number of halogens is 3. The third-order valence-corrected chi connectivity index (χ3v) is 2.56. The van der Waals surface area contributed by atoms with E-state index in [4.69, 9.17) is 0 Å². The fourth-order valence-corrected chi connectivity index (χ4v) is 1.37. The molecular weight excluding hydrogens is 231 g/mol. The van der Waals surface area contributed by atoms with Crippen LogP contribution in [-0.4, -0.2) is 13.9 Å². The van der Waals surface area contributed by atoms with E-state index < -0.39 is 15.5 Å². The SMILES string of the molecule is Cc1cccc([N-]S(=O)(=O)C(F)(F)F)c1. The van der Waals surface area contributed by atoms with Gasteiger partial charge in [-0.15, -0.1) is 5.69 Å². The summed E-state index contributed by atoms with van der Waals surface area (Å²) in [5.74, 6) is 0. The maximum atomic E-state index is 11.9. The quantitative estimate of drug-likeness (QED) is 0.795. The van der Waals surface area contributed by atoms with Crippen molar-refractivity contribution in [3.05, 3.63) is 34.6 Å². The van der Waals surface area contributed by atoms with Gasteiger partial charge in [0.1, 0.15) is 0 Å². The Morgan fingerprint density at radius 2 is 1.87 bits per heavy atom. The van der Waals surface area contributed by atoms with E-state index in [0.717, 1.165) is 0 Å². The monoisotopic (exact) mass is 238 g/mol. The molecule has 0 aliphatic carbocycles. The zero-order valence-corrected chi connectivity index (χ0v) is 8.43. The number of alkyl halides is 3. The van der Waals surface area contributed by atoms with Crippen molar-refractivity contribution in [3.63, 3.8) is 0 Å². The molecule has 84 valence electrons. The number of nitrogens with zero attached hydrogens (tertiary/aromatic N) is 1. The summed E-state index contributed by atoms with van der Waals surface area (Å²) in [6, 6.07) is 5.50. The Kier molecular flexibility index (Phi) is 2.94. The first-order valence-electron chi connectivity index (χ1n) is 3.83. The van der Waals surface area contributed by atoms with Crippen molar-refractivity contribution in [2.24, 2.45) is 0 Å². The Morgan fingerprint density at radius 1 is 1.27 bits per heavy atom. The highest BCUT2D eigenvalue weighted by Crippen LogP contribution is 2.34. The van der Waals surface area contributed by atoms with Crippen LogP contribution in [0, 0.1) is 6.92 Å². The molecule has 0 atom stereocenters. The number of hydrogen-bond acceptors (Lipinski definition) is 2. The van der Waals surface area contributed by atoms with Crippen LogP contribution in [0.15, 0.2) is 24.3 Å². The van der Waals surface area contributed by atoms with Crippen molar-refractivity contribution in [1.29, 1.82) is 0 Å². The van der Waals surface area contributed by atoms with Gasteiger partial charge in [0.2, 0.25) is 0 Å². The molecule has 0 unspecified atom stereocenters. The van der Waals surface area contributed by atoms with E-state index in [2.05, 4.69) is 4.72 Å². The molecule has 3 nitrogen and oxygen atoms in total. The lowest BCUT2D eigenvalue weighted by Crippen LogP contribution is -2.20. The minimum absolute atomic E-state index is 0.229. The number of rotatable bonds is 2. The predicted molar refractivity (Wildman–Crippen MR) is 49.2 cm³/mol. The second-order valence-electron chi connectivity index (χ2n) is 2.85. The minimum Gasteiger partial charge on any atom is -0.569 e. The molecule has 0 heterocycles. The first-order chi connectivity index (χ1) is 6.72. The Morgan fingerprint density at radius 3 is 2.33 bits per heavy atom. The number of sulfonamides is 1. The summed E-state index contributed by atoms with van der Waals surface area (Å²) in [6.45, 7) is 1.62. The molecule has 7 heteroatoms. The highest BCUT2D eigenvalue weighted by Gasteiger charge is 2.39. The Balaban J connectivity index is 2.98. The van der Waals surface area contributed by atoms with Gasteiger partial charge in [-0.1, -0.05) is 29.8 Å². The predicted octanol–water partition coefficient (Wildman–Crippen LogP) is 2.85. The molecular formula is C8H7F3NO2S-. The molecule has 0 radical (unpaired) electrons. The molecule has 15 heavy (non-hydrogen) atoms. The van der Waals surface area contributed by atoms with Gasteiger partial charge >= 0.3 is 5.51 Å². The van der Waals surface area contributed by atoms with E-state index in [9.17, 15) is 21.6 Å². The Hall–Kier alpha value is -1.24. The van der Waals surface area contributed by atoms with Crippen LogP contribution in [0.2, 0.25) is 0 Å². The van der Waals surface area contributed by atoms with Crippen LogP contribution in [-0.2, 0) is 10.0 Å². The minimum atomic E-state index is -5.44. The molecule has 1 rings (SSSR count). The maximum Gasteiger partial charge on any atom is 0.483 e. The van der Waals surface area contributed by atoms with Crippen molar-refractivity contribution in [2.75, 3.05) is 0 Å². The van der Waals surface area contributed by atoms with E-state index in [1.807, 2.05) is 0 Å². The smallest absolute Gasteiger partial charge is 0.483 e. The summed E-state index contributed by atoms with van der Waals surface area (Å²) in [7, 11) is -5.44. The van der Waals surface area contributed by atoms with Gasteiger partial charge in [0.25, 0.3) is 0 Å². The van der Waals surface area contributed by atoms with Crippen LogP contribution in [0.5, 0.6) is 0 Å². The second-order valence-corrected chi connectivity index (χ2v) is 4.45. The molecule has 0 bridgehead atoms. The summed E-state index contributed by atoms with van der Waals surface area (Å²) >= 11 is 0. The average Bonchev–Trinajstić information content (AvgIpc) is 2.00. The highest BCUT2D eigenvalue weighted by molar-refractivity contribution is 7.95. The lowest BCUT2D eigenvalue weighted by Gasteiger charge is -2.23. The molecule has 0 aliphatic rings. The van der Waals surface area contributed by atoms with Gasteiger partial charge in [-0.2, -0.15) is 13.2 Å². The maximum absolute atomic E-state index is 11.9. The molecule has 0 aliphatic heterocycles. The number of benzene rings is 1. The zero-order chi connectivity index (χ0) is 11.7. The molecule has 0 amide bonds. The zero-order valence-electron chi connectivity index (χ0n) is 7.62. The number of aryl methyl sites for hydroxylation is 1. The van der Waals surface area contributed by atoms with E-state index in [0.29, 0.717) is 5.56 Å². The van der Waals surface area contributed by atoms with Gasteiger partial charge in [-0.3, -0.25) is 0 Å². The van der Waals surface area contributed by atoms with Crippen molar-refractivity contribution >= 4 is 15.7 Å². The topological polar surface area (TPSA) is 48.2 Å². The Labute approximate surface area is 85.0 Å². The van der Waals surface area contributed by atoms with E-state index >= 15 is 0 Å². The fraction of sp³-hybridized carbons (Fsp3) is 0.250.